The predicted octanol–water partition coefficient (Wildman–Crippen LogP) is 3.47. The fourth-order valence-corrected chi connectivity index (χ4v) is 1.70. The van der Waals surface area contributed by atoms with Crippen LogP contribution in [0.3, 0.4) is 0 Å². The van der Waals surface area contributed by atoms with Crippen molar-refractivity contribution in [1.82, 2.24) is 9.97 Å². The summed E-state index contributed by atoms with van der Waals surface area (Å²) in [6, 6.07) is 5.08. The van der Waals surface area contributed by atoms with Gasteiger partial charge in [0.05, 0.1) is 22.1 Å². The van der Waals surface area contributed by atoms with E-state index < -0.39 is 5.56 Å². The van der Waals surface area contributed by atoms with Crippen molar-refractivity contribution in [3.8, 4) is 0 Å². The van der Waals surface area contributed by atoms with Crippen LogP contribution in [0.25, 0.3) is 0 Å². The minimum Gasteiger partial charge on any atom is -0.338 e. The van der Waals surface area contributed by atoms with Gasteiger partial charge in [0.2, 0.25) is 0 Å². The van der Waals surface area contributed by atoms with E-state index in [4.69, 9.17) is 34.8 Å². The average Bonchev–Trinajstić information content (AvgIpc) is 2.31. The van der Waals surface area contributed by atoms with Gasteiger partial charge in [0.1, 0.15) is 5.02 Å². The van der Waals surface area contributed by atoms with Crippen LogP contribution in [0, 0.1) is 0 Å². The molecule has 1 aromatic heterocycles. The van der Waals surface area contributed by atoms with Crippen molar-refractivity contribution < 1.29 is 0 Å². The predicted molar refractivity (Wildman–Crippen MR) is 69.6 cm³/mol. The van der Waals surface area contributed by atoms with E-state index in [1.54, 1.807) is 18.2 Å². The molecule has 0 fully saturated rings. The summed E-state index contributed by atoms with van der Waals surface area (Å²) in [5.74, 6) is 0.222. The normalized spacial score (nSPS) is 10.3. The van der Waals surface area contributed by atoms with Crippen LogP contribution < -0.4 is 10.9 Å². The van der Waals surface area contributed by atoms with Crippen molar-refractivity contribution in [2.24, 2.45) is 0 Å². The van der Waals surface area contributed by atoms with E-state index in [1.807, 2.05) is 0 Å². The summed E-state index contributed by atoms with van der Waals surface area (Å²) in [6.07, 6.45) is 1.25. The van der Waals surface area contributed by atoms with Crippen LogP contribution in [0.1, 0.15) is 0 Å². The Labute approximate surface area is 112 Å². The monoisotopic (exact) mass is 289 g/mol. The third kappa shape index (κ3) is 2.54. The highest BCUT2D eigenvalue weighted by Gasteiger charge is 2.09. The van der Waals surface area contributed by atoms with Gasteiger partial charge < -0.3 is 10.3 Å². The lowest BCUT2D eigenvalue weighted by molar-refractivity contribution is 1.12. The maximum atomic E-state index is 11.3. The van der Waals surface area contributed by atoms with Crippen LogP contribution in [0.2, 0.25) is 15.1 Å². The van der Waals surface area contributed by atoms with Crippen LogP contribution in [-0.4, -0.2) is 9.97 Å². The molecule has 0 aliphatic rings. The SMILES string of the molecule is O=c1[nH]cnc(Nc2cccc(Cl)c2Cl)c1Cl. The lowest BCUT2D eigenvalue weighted by Gasteiger charge is -2.08. The standard InChI is InChI=1S/C10H6Cl3N3O/c11-5-2-1-3-6(7(5)12)16-9-8(13)10(17)15-4-14-9/h1-4H,(H2,14,15,16,17). The average molecular weight is 291 g/mol. The molecule has 0 radical (unpaired) electrons. The Balaban J connectivity index is 2.42. The molecule has 1 heterocycles. The molecule has 17 heavy (non-hydrogen) atoms. The Morgan fingerprint density at radius 3 is 2.71 bits per heavy atom. The van der Waals surface area contributed by atoms with E-state index >= 15 is 0 Å². The molecule has 0 saturated carbocycles. The Bertz CT molecular complexity index is 612. The van der Waals surface area contributed by atoms with Crippen molar-refractivity contribution in [2.45, 2.75) is 0 Å². The number of nitrogens with one attached hydrogen (secondary N) is 2. The number of H-pyrrole nitrogens is 1. The molecule has 4 nitrogen and oxygen atoms in total. The highest BCUT2D eigenvalue weighted by atomic mass is 35.5. The summed E-state index contributed by atoms with van der Waals surface area (Å²) in [7, 11) is 0. The van der Waals surface area contributed by atoms with Gasteiger partial charge in [0.25, 0.3) is 5.56 Å². The second-order valence-corrected chi connectivity index (χ2v) is 4.28. The molecule has 0 spiro atoms. The maximum Gasteiger partial charge on any atom is 0.271 e. The number of hydrogen-bond acceptors (Lipinski definition) is 3. The smallest absolute Gasteiger partial charge is 0.271 e. The van der Waals surface area contributed by atoms with Gasteiger partial charge in [-0.05, 0) is 12.1 Å². The van der Waals surface area contributed by atoms with E-state index in [2.05, 4.69) is 15.3 Å². The van der Waals surface area contributed by atoms with Gasteiger partial charge in [-0.3, -0.25) is 4.79 Å². The Hall–Kier alpha value is -1.23. The summed E-state index contributed by atoms with van der Waals surface area (Å²) in [6.45, 7) is 0. The number of aromatic nitrogens is 2. The summed E-state index contributed by atoms with van der Waals surface area (Å²) in [4.78, 5) is 17.5. The van der Waals surface area contributed by atoms with E-state index in [0.717, 1.165) is 0 Å². The van der Waals surface area contributed by atoms with Crippen molar-refractivity contribution in [1.29, 1.82) is 0 Å². The first-order valence-corrected chi connectivity index (χ1v) is 5.67. The topological polar surface area (TPSA) is 57.8 Å². The van der Waals surface area contributed by atoms with Gasteiger partial charge in [-0.2, -0.15) is 0 Å². The second kappa shape index (κ2) is 4.96. The highest BCUT2D eigenvalue weighted by molar-refractivity contribution is 6.43. The van der Waals surface area contributed by atoms with Gasteiger partial charge in [-0.25, -0.2) is 4.98 Å². The molecule has 2 aromatic rings. The Morgan fingerprint density at radius 2 is 1.94 bits per heavy atom. The molecule has 2 rings (SSSR count). The molecule has 88 valence electrons. The Morgan fingerprint density at radius 1 is 1.18 bits per heavy atom. The molecule has 0 bridgehead atoms. The molecule has 0 amide bonds. The molecular formula is C10H6Cl3N3O. The molecule has 0 atom stereocenters. The summed E-state index contributed by atoms with van der Waals surface area (Å²) < 4.78 is 0. The highest BCUT2D eigenvalue weighted by Crippen LogP contribution is 2.32. The molecule has 0 saturated heterocycles. The van der Waals surface area contributed by atoms with E-state index in [9.17, 15) is 4.79 Å². The maximum absolute atomic E-state index is 11.3. The van der Waals surface area contributed by atoms with E-state index in [0.29, 0.717) is 15.7 Å². The van der Waals surface area contributed by atoms with Crippen LogP contribution in [-0.2, 0) is 0 Å². The first kappa shape index (κ1) is 12.2. The van der Waals surface area contributed by atoms with Gasteiger partial charge in [0.15, 0.2) is 5.82 Å². The minimum absolute atomic E-state index is 0.0384. The lowest BCUT2D eigenvalue weighted by Crippen LogP contribution is -2.09. The zero-order valence-corrected chi connectivity index (χ0v) is 10.6. The number of rotatable bonds is 2. The van der Waals surface area contributed by atoms with E-state index in [-0.39, 0.29) is 10.8 Å². The van der Waals surface area contributed by atoms with Crippen LogP contribution in [0.4, 0.5) is 11.5 Å². The summed E-state index contributed by atoms with van der Waals surface area (Å²) in [5.41, 5.74) is 0.0986. The lowest BCUT2D eigenvalue weighted by atomic mass is 10.3. The van der Waals surface area contributed by atoms with Gasteiger partial charge in [-0.15, -0.1) is 0 Å². The first-order chi connectivity index (χ1) is 8.09. The Kier molecular flexibility index (Phi) is 3.57. The van der Waals surface area contributed by atoms with E-state index in [1.165, 1.54) is 6.33 Å². The zero-order valence-electron chi connectivity index (χ0n) is 8.30. The zero-order chi connectivity index (χ0) is 12.4. The van der Waals surface area contributed by atoms with Crippen LogP contribution >= 0.6 is 34.8 Å². The summed E-state index contributed by atoms with van der Waals surface area (Å²) >= 11 is 17.6. The van der Waals surface area contributed by atoms with Crippen LogP contribution in [0.15, 0.2) is 29.3 Å². The third-order valence-electron chi connectivity index (χ3n) is 2.00. The number of hydrogen-bond donors (Lipinski definition) is 2. The number of aromatic amines is 1. The first-order valence-electron chi connectivity index (χ1n) is 4.54. The third-order valence-corrected chi connectivity index (χ3v) is 3.17. The fraction of sp³-hybridized carbons (Fsp3) is 0. The molecule has 2 N–H and O–H groups in total. The number of nitrogens with zero attached hydrogens (tertiary/aromatic N) is 1. The molecule has 0 aliphatic carbocycles. The number of benzene rings is 1. The summed E-state index contributed by atoms with van der Waals surface area (Å²) in [5, 5.41) is 3.54. The van der Waals surface area contributed by atoms with Crippen molar-refractivity contribution >= 4 is 46.3 Å². The van der Waals surface area contributed by atoms with Gasteiger partial charge in [0, 0.05) is 0 Å². The van der Waals surface area contributed by atoms with Crippen molar-refractivity contribution in [3.63, 3.8) is 0 Å². The minimum atomic E-state index is -0.428. The number of halogens is 3. The van der Waals surface area contributed by atoms with Gasteiger partial charge in [-0.1, -0.05) is 40.9 Å². The molecule has 1 aromatic carbocycles. The molecule has 0 unspecified atom stereocenters. The van der Waals surface area contributed by atoms with Crippen molar-refractivity contribution in [2.75, 3.05) is 5.32 Å². The van der Waals surface area contributed by atoms with Crippen LogP contribution in [0.5, 0.6) is 0 Å². The van der Waals surface area contributed by atoms with Gasteiger partial charge >= 0.3 is 0 Å². The fourth-order valence-electron chi connectivity index (χ4n) is 1.20. The van der Waals surface area contributed by atoms with Crippen molar-refractivity contribution in [3.05, 3.63) is 49.9 Å². The second-order valence-electron chi connectivity index (χ2n) is 3.12. The molecule has 0 aliphatic heterocycles. The quantitative estimate of drug-likeness (QED) is 0.890. The largest absolute Gasteiger partial charge is 0.338 e. The number of anilines is 2. The molecule has 7 heteroatoms. The molecular weight excluding hydrogens is 284 g/mol.